The van der Waals surface area contributed by atoms with Gasteiger partial charge >= 0.3 is 24.2 Å². The molecule has 3 aromatic rings. The number of carboxylic acid groups (broad SMARTS) is 3. The van der Waals surface area contributed by atoms with Gasteiger partial charge in [0, 0.05) is 6.54 Å². The highest BCUT2D eigenvalue weighted by molar-refractivity contribution is 6.34. The maximum atomic E-state index is 12.2. The average molecular weight is 606 g/mol. The number of alkyl halides is 3. The fourth-order valence-electron chi connectivity index (χ4n) is 4.08. The van der Waals surface area contributed by atoms with Crippen LogP contribution in [0.3, 0.4) is 0 Å². The lowest BCUT2D eigenvalue weighted by molar-refractivity contribution is -0.137. The highest BCUT2D eigenvalue weighted by Crippen LogP contribution is 2.36. The molecule has 0 saturated heterocycles. The first kappa shape index (κ1) is 33.9. The second-order valence-corrected chi connectivity index (χ2v) is 9.65. The van der Waals surface area contributed by atoms with Gasteiger partial charge in [0.05, 0.1) is 27.4 Å². The van der Waals surface area contributed by atoms with Gasteiger partial charge in [-0.25, -0.2) is 14.4 Å². The molecule has 3 aromatic carbocycles. The molecule has 0 spiro atoms. The molecule has 1 unspecified atom stereocenters. The lowest BCUT2D eigenvalue weighted by atomic mass is 9.96. The average Bonchev–Trinajstić information content (AvgIpc) is 3.16. The molecule has 224 valence electrons. The highest BCUT2D eigenvalue weighted by atomic mass is 35.5. The molecule has 1 aliphatic rings. The zero-order valence-electron chi connectivity index (χ0n) is 22.9. The number of aromatic carboxylic acids is 2. The van der Waals surface area contributed by atoms with Gasteiger partial charge < -0.3 is 15.3 Å². The Kier molecular flexibility index (Phi) is 12.6. The van der Waals surface area contributed by atoms with E-state index in [1.807, 2.05) is 48.6 Å². The first-order chi connectivity index (χ1) is 19.8. The molecule has 0 bridgehead atoms. The van der Waals surface area contributed by atoms with Crippen LogP contribution in [0.15, 0.2) is 72.8 Å². The molecule has 42 heavy (non-hydrogen) atoms. The monoisotopic (exact) mass is 605 g/mol. The first-order valence-corrected chi connectivity index (χ1v) is 13.3. The molecular weight excluding hydrogens is 575 g/mol. The van der Waals surface area contributed by atoms with Gasteiger partial charge in [0.15, 0.2) is 0 Å². The molecule has 1 amide bonds. The number of carboxylic acids is 2. The van der Waals surface area contributed by atoms with E-state index < -0.39 is 40.4 Å². The molecule has 1 heterocycles. The summed E-state index contributed by atoms with van der Waals surface area (Å²) in [6.07, 6.45) is 1.51. The van der Waals surface area contributed by atoms with E-state index in [1.54, 1.807) is 12.1 Å². The maximum absolute atomic E-state index is 12.2. The number of nitrogens with zero attached hydrogens (tertiary/aromatic N) is 1. The SMILES string of the molecule is CCCC(C)c1ccc(C(=O)O)cc1.O=C(O)N1CCC=Cc2ccccc21.O=C(O)c1cccc(C(F)(F)F)c1Cl. The van der Waals surface area contributed by atoms with Gasteiger partial charge in [-0.2, -0.15) is 13.2 Å². The van der Waals surface area contributed by atoms with Gasteiger partial charge in [0.1, 0.15) is 0 Å². The van der Waals surface area contributed by atoms with Gasteiger partial charge in [-0.1, -0.05) is 80.4 Å². The Bertz CT molecular complexity index is 1410. The Balaban J connectivity index is 0.000000220. The molecule has 1 aliphatic heterocycles. The number of fused-ring (bicyclic) bond motifs is 1. The predicted octanol–water partition coefficient (Wildman–Crippen LogP) is 8.93. The van der Waals surface area contributed by atoms with Gasteiger partial charge in [-0.05, 0) is 60.2 Å². The number of halogens is 4. The van der Waals surface area contributed by atoms with E-state index in [-0.39, 0.29) is 0 Å². The second kappa shape index (κ2) is 15.6. The van der Waals surface area contributed by atoms with Crippen molar-refractivity contribution in [2.75, 3.05) is 11.4 Å². The Labute approximate surface area is 246 Å². The van der Waals surface area contributed by atoms with Crippen LogP contribution < -0.4 is 4.90 Å². The smallest absolute Gasteiger partial charge is 0.417 e. The molecule has 0 aliphatic carbocycles. The molecule has 7 nitrogen and oxygen atoms in total. The van der Waals surface area contributed by atoms with Crippen LogP contribution >= 0.6 is 11.6 Å². The maximum Gasteiger partial charge on any atom is 0.417 e. The van der Waals surface area contributed by atoms with Crippen molar-refractivity contribution < 1.29 is 42.9 Å². The van der Waals surface area contributed by atoms with E-state index in [4.69, 9.17) is 26.9 Å². The Morgan fingerprint density at radius 3 is 2.12 bits per heavy atom. The topological polar surface area (TPSA) is 115 Å². The summed E-state index contributed by atoms with van der Waals surface area (Å²) in [5.41, 5.74) is 1.62. The Morgan fingerprint density at radius 2 is 1.57 bits per heavy atom. The second-order valence-electron chi connectivity index (χ2n) is 9.27. The highest BCUT2D eigenvalue weighted by Gasteiger charge is 2.34. The number of hydrogen-bond acceptors (Lipinski definition) is 3. The largest absolute Gasteiger partial charge is 0.478 e. The summed E-state index contributed by atoms with van der Waals surface area (Å²) >= 11 is 5.29. The molecule has 0 aromatic heterocycles. The van der Waals surface area contributed by atoms with Crippen molar-refractivity contribution in [1.29, 1.82) is 0 Å². The molecule has 0 saturated carbocycles. The van der Waals surface area contributed by atoms with Gasteiger partial charge in [0.2, 0.25) is 0 Å². The van der Waals surface area contributed by atoms with Crippen molar-refractivity contribution >= 4 is 41.4 Å². The molecule has 4 rings (SSSR count). The zero-order chi connectivity index (χ0) is 31.4. The third-order valence-corrected chi connectivity index (χ3v) is 6.67. The fraction of sp³-hybridized carbons (Fsp3) is 0.258. The van der Waals surface area contributed by atoms with E-state index in [2.05, 4.69) is 13.8 Å². The molecule has 1 atom stereocenters. The van der Waals surface area contributed by atoms with Crippen LogP contribution in [-0.4, -0.2) is 39.9 Å². The van der Waals surface area contributed by atoms with Crippen LogP contribution in [0, 0.1) is 0 Å². The van der Waals surface area contributed by atoms with Crippen LogP contribution in [0.4, 0.5) is 23.7 Å². The third kappa shape index (κ3) is 9.66. The van der Waals surface area contributed by atoms with Crippen LogP contribution in [0.2, 0.25) is 5.02 Å². The van der Waals surface area contributed by atoms with E-state index in [9.17, 15) is 27.6 Å². The fourth-order valence-corrected chi connectivity index (χ4v) is 4.39. The van der Waals surface area contributed by atoms with E-state index in [0.29, 0.717) is 18.0 Å². The summed E-state index contributed by atoms with van der Waals surface area (Å²) in [6.45, 7) is 4.85. The van der Waals surface area contributed by atoms with Crippen molar-refractivity contribution in [3.8, 4) is 0 Å². The number of anilines is 1. The number of rotatable bonds is 5. The standard InChI is InChI=1S/C12H16O2.C11H11NO2.C8H4ClF3O2/c1-3-4-9(2)10-5-7-11(8-6-10)12(13)14;13-11(14)12-8-4-3-6-9-5-1-2-7-10(9)12;9-6-4(7(13)14)2-1-3-5(6)8(10,11)12/h5-9H,3-4H2,1-2H3,(H,13,14);1-3,5-7H,4,8H2,(H,13,14);1-3H,(H,13,14). The summed E-state index contributed by atoms with van der Waals surface area (Å²) in [7, 11) is 0. The number of amides is 1. The number of hydrogen-bond donors (Lipinski definition) is 3. The quantitative estimate of drug-likeness (QED) is 0.267. The summed E-state index contributed by atoms with van der Waals surface area (Å²) in [5, 5.41) is 25.4. The zero-order valence-corrected chi connectivity index (χ0v) is 23.7. The summed E-state index contributed by atoms with van der Waals surface area (Å²) in [4.78, 5) is 33.4. The number of benzene rings is 3. The Hall–Kier alpha value is -4.31. The van der Waals surface area contributed by atoms with Crippen molar-refractivity contribution in [3.63, 3.8) is 0 Å². The molecule has 11 heteroatoms. The van der Waals surface area contributed by atoms with Crippen molar-refractivity contribution in [2.45, 2.75) is 45.2 Å². The van der Waals surface area contributed by atoms with Crippen LogP contribution in [0.1, 0.15) is 76.4 Å². The molecule has 0 fully saturated rings. The number of carbonyl (C=O) groups is 3. The van der Waals surface area contributed by atoms with Crippen LogP contribution in [-0.2, 0) is 6.18 Å². The van der Waals surface area contributed by atoms with Gasteiger partial charge in [0.25, 0.3) is 0 Å². The lowest BCUT2D eigenvalue weighted by Gasteiger charge is -2.18. The molecule has 0 radical (unpaired) electrons. The van der Waals surface area contributed by atoms with Crippen molar-refractivity contribution in [3.05, 3.63) is 106 Å². The minimum atomic E-state index is -4.64. The summed E-state index contributed by atoms with van der Waals surface area (Å²) in [6, 6.07) is 17.4. The minimum Gasteiger partial charge on any atom is -0.478 e. The van der Waals surface area contributed by atoms with Crippen LogP contribution in [0.25, 0.3) is 6.08 Å². The first-order valence-electron chi connectivity index (χ1n) is 13.0. The van der Waals surface area contributed by atoms with E-state index >= 15 is 0 Å². The normalized spacial score (nSPS) is 12.9. The van der Waals surface area contributed by atoms with Crippen molar-refractivity contribution in [2.24, 2.45) is 0 Å². The Morgan fingerprint density at radius 1 is 0.929 bits per heavy atom. The summed E-state index contributed by atoms with van der Waals surface area (Å²) < 4.78 is 36.6. The van der Waals surface area contributed by atoms with Gasteiger partial charge in [-0.3, -0.25) is 4.90 Å². The molecular formula is C31H31ClF3NO6. The van der Waals surface area contributed by atoms with Crippen LogP contribution in [0.5, 0.6) is 0 Å². The van der Waals surface area contributed by atoms with Gasteiger partial charge in [-0.15, -0.1) is 0 Å². The summed E-state index contributed by atoms with van der Waals surface area (Å²) in [5.74, 6) is -1.83. The molecule has 3 N–H and O–H groups in total. The predicted molar refractivity (Wildman–Crippen MR) is 156 cm³/mol. The lowest BCUT2D eigenvalue weighted by Crippen LogP contribution is -2.29. The third-order valence-electron chi connectivity index (χ3n) is 6.26. The number of para-hydroxylation sites is 1. The van der Waals surface area contributed by atoms with Crippen molar-refractivity contribution in [1.82, 2.24) is 0 Å². The van der Waals surface area contributed by atoms with E-state index in [1.165, 1.54) is 10.5 Å². The minimum absolute atomic E-state index is 0.359. The van der Waals surface area contributed by atoms with E-state index in [0.717, 1.165) is 48.7 Å².